The second-order valence-electron chi connectivity index (χ2n) is 8.20. The van der Waals surface area contributed by atoms with Crippen molar-refractivity contribution < 1.29 is 28.5 Å². The van der Waals surface area contributed by atoms with Crippen molar-refractivity contribution in [3.8, 4) is 23.0 Å². The standard InChI is InChI=1S/C29H28N2O6S/c1-4-35-26-15-22(11-13-24(26)36-17-20-8-6-5-7-9-20)18-37-23-12-10-21(14-25(23)34-3)16-27-28(33)31-29(38-27)30-19(2)32/h5-16H,4,17-18H2,1-3H3,(H,30,31,32,33)/b27-16+. The third-order valence-corrected chi connectivity index (χ3v) is 6.23. The predicted octanol–water partition coefficient (Wildman–Crippen LogP) is 5.36. The van der Waals surface area contributed by atoms with Gasteiger partial charge in [0.15, 0.2) is 28.2 Å². The lowest BCUT2D eigenvalue weighted by Crippen LogP contribution is -2.23. The Morgan fingerprint density at radius 1 is 0.895 bits per heavy atom. The van der Waals surface area contributed by atoms with Crippen LogP contribution in [0.25, 0.3) is 6.08 Å². The number of carbonyl (C=O) groups excluding carboxylic acids is 2. The second kappa shape index (κ2) is 12.8. The average molecular weight is 533 g/mol. The molecule has 0 aliphatic carbocycles. The third kappa shape index (κ3) is 7.17. The summed E-state index contributed by atoms with van der Waals surface area (Å²) in [6.07, 6.45) is 1.69. The Labute approximate surface area is 225 Å². The van der Waals surface area contributed by atoms with E-state index in [9.17, 15) is 9.59 Å². The Bertz CT molecular complexity index is 1370. The van der Waals surface area contributed by atoms with Gasteiger partial charge >= 0.3 is 0 Å². The normalized spacial score (nSPS) is 13.7. The number of thioether (sulfide) groups is 1. The van der Waals surface area contributed by atoms with Crippen LogP contribution in [0.5, 0.6) is 23.0 Å². The molecule has 1 aliphatic heterocycles. The number of carbonyl (C=O) groups is 2. The van der Waals surface area contributed by atoms with Crippen LogP contribution in [0.15, 0.2) is 76.6 Å². The molecule has 0 unspecified atom stereocenters. The number of hydrogen-bond donors (Lipinski definition) is 1. The zero-order valence-electron chi connectivity index (χ0n) is 21.4. The van der Waals surface area contributed by atoms with Gasteiger partial charge in [-0.1, -0.05) is 42.5 Å². The van der Waals surface area contributed by atoms with Crippen molar-refractivity contribution >= 4 is 34.8 Å². The van der Waals surface area contributed by atoms with Gasteiger partial charge in [-0.25, -0.2) is 0 Å². The van der Waals surface area contributed by atoms with Crippen molar-refractivity contribution in [3.63, 3.8) is 0 Å². The van der Waals surface area contributed by atoms with E-state index < -0.39 is 5.91 Å². The highest BCUT2D eigenvalue weighted by molar-refractivity contribution is 8.18. The molecule has 1 N–H and O–H groups in total. The summed E-state index contributed by atoms with van der Waals surface area (Å²) in [7, 11) is 1.55. The molecule has 0 spiro atoms. The Kier molecular flexibility index (Phi) is 9.05. The van der Waals surface area contributed by atoms with Crippen LogP contribution in [0.2, 0.25) is 0 Å². The molecule has 2 amide bonds. The van der Waals surface area contributed by atoms with E-state index in [0.717, 1.165) is 28.5 Å². The molecule has 0 bridgehead atoms. The Morgan fingerprint density at radius 3 is 2.32 bits per heavy atom. The molecule has 0 radical (unpaired) electrons. The number of amides is 2. The van der Waals surface area contributed by atoms with Gasteiger partial charge in [0, 0.05) is 6.92 Å². The average Bonchev–Trinajstić information content (AvgIpc) is 3.25. The van der Waals surface area contributed by atoms with E-state index in [4.69, 9.17) is 18.9 Å². The summed E-state index contributed by atoms with van der Waals surface area (Å²) in [5, 5.41) is 2.80. The fourth-order valence-corrected chi connectivity index (χ4v) is 4.44. The maximum Gasteiger partial charge on any atom is 0.286 e. The summed E-state index contributed by atoms with van der Waals surface area (Å²) >= 11 is 1.11. The highest BCUT2D eigenvalue weighted by atomic mass is 32.2. The molecule has 3 aromatic rings. The van der Waals surface area contributed by atoms with Crippen LogP contribution in [-0.4, -0.2) is 30.7 Å². The number of nitrogens with zero attached hydrogens (tertiary/aromatic N) is 1. The summed E-state index contributed by atoms with van der Waals surface area (Å²) in [5.41, 5.74) is 2.72. The summed E-state index contributed by atoms with van der Waals surface area (Å²) in [6.45, 7) is 4.54. The number of rotatable bonds is 10. The maximum absolute atomic E-state index is 12.2. The minimum absolute atomic E-state index is 0.267. The first kappa shape index (κ1) is 26.8. The Balaban J connectivity index is 1.42. The van der Waals surface area contributed by atoms with Crippen molar-refractivity contribution in [2.24, 2.45) is 4.99 Å². The molecule has 0 saturated carbocycles. The molecule has 196 valence electrons. The molecule has 38 heavy (non-hydrogen) atoms. The molecule has 3 aromatic carbocycles. The second-order valence-corrected chi connectivity index (χ2v) is 9.23. The topological polar surface area (TPSA) is 95.5 Å². The van der Waals surface area contributed by atoms with Gasteiger partial charge in [-0.3, -0.25) is 9.59 Å². The summed E-state index contributed by atoms with van der Waals surface area (Å²) in [6, 6.07) is 21.1. The Hall–Kier alpha value is -4.24. The van der Waals surface area contributed by atoms with Gasteiger partial charge in [-0.2, -0.15) is 4.99 Å². The summed E-state index contributed by atoms with van der Waals surface area (Å²) in [4.78, 5) is 27.6. The van der Waals surface area contributed by atoms with E-state index in [0.29, 0.717) is 41.1 Å². The van der Waals surface area contributed by atoms with E-state index in [1.165, 1.54) is 6.92 Å². The number of ether oxygens (including phenoxy) is 4. The number of amidine groups is 1. The van der Waals surface area contributed by atoms with Crippen LogP contribution in [-0.2, 0) is 22.8 Å². The highest BCUT2D eigenvalue weighted by Gasteiger charge is 2.22. The number of benzene rings is 3. The van der Waals surface area contributed by atoms with Gasteiger partial charge in [0.25, 0.3) is 5.91 Å². The van der Waals surface area contributed by atoms with Crippen molar-refractivity contribution in [2.45, 2.75) is 27.1 Å². The maximum atomic E-state index is 12.2. The molecule has 9 heteroatoms. The largest absolute Gasteiger partial charge is 0.493 e. The first-order valence-corrected chi connectivity index (χ1v) is 12.8. The Morgan fingerprint density at radius 2 is 1.61 bits per heavy atom. The van der Waals surface area contributed by atoms with Crippen LogP contribution >= 0.6 is 11.8 Å². The summed E-state index contributed by atoms with van der Waals surface area (Å²) in [5.74, 6) is 1.70. The lowest BCUT2D eigenvalue weighted by molar-refractivity contribution is -0.117. The first-order valence-electron chi connectivity index (χ1n) is 12.0. The van der Waals surface area contributed by atoms with Gasteiger partial charge in [-0.15, -0.1) is 0 Å². The number of aliphatic imine (C=N–C) groups is 1. The number of methoxy groups -OCH3 is 1. The molecule has 8 nitrogen and oxygen atoms in total. The molecule has 1 heterocycles. The molecule has 0 fully saturated rings. The van der Waals surface area contributed by atoms with Crippen molar-refractivity contribution in [3.05, 3.63) is 88.3 Å². The minimum Gasteiger partial charge on any atom is -0.493 e. The van der Waals surface area contributed by atoms with Crippen LogP contribution in [0, 0.1) is 0 Å². The fraction of sp³-hybridized carbons (Fsp3) is 0.207. The smallest absolute Gasteiger partial charge is 0.286 e. The van der Waals surface area contributed by atoms with Crippen molar-refractivity contribution in [1.82, 2.24) is 5.32 Å². The monoisotopic (exact) mass is 532 g/mol. The van der Waals surface area contributed by atoms with Gasteiger partial charge < -0.3 is 24.3 Å². The quantitative estimate of drug-likeness (QED) is 0.351. The van der Waals surface area contributed by atoms with Gasteiger partial charge in [0.2, 0.25) is 5.91 Å². The van der Waals surface area contributed by atoms with Gasteiger partial charge in [0.05, 0.1) is 18.6 Å². The molecular weight excluding hydrogens is 504 g/mol. The molecule has 0 atom stereocenters. The molecule has 0 saturated heterocycles. The van der Waals surface area contributed by atoms with Crippen molar-refractivity contribution in [1.29, 1.82) is 0 Å². The predicted molar refractivity (Wildman–Crippen MR) is 148 cm³/mol. The highest BCUT2D eigenvalue weighted by Crippen LogP contribution is 2.34. The molecular formula is C29H28N2O6S. The van der Waals surface area contributed by atoms with Crippen LogP contribution in [0.1, 0.15) is 30.5 Å². The van der Waals surface area contributed by atoms with Gasteiger partial charge in [-0.05, 0) is 65.7 Å². The van der Waals surface area contributed by atoms with E-state index in [1.807, 2.05) is 61.5 Å². The number of nitrogens with one attached hydrogen (secondary N) is 1. The lowest BCUT2D eigenvalue weighted by atomic mass is 10.1. The van der Waals surface area contributed by atoms with Gasteiger partial charge in [0.1, 0.15) is 13.2 Å². The fourth-order valence-electron chi connectivity index (χ4n) is 3.58. The van der Waals surface area contributed by atoms with E-state index >= 15 is 0 Å². The van der Waals surface area contributed by atoms with E-state index in [2.05, 4.69) is 10.3 Å². The van der Waals surface area contributed by atoms with E-state index in [1.54, 1.807) is 25.3 Å². The number of hydrogen-bond acceptors (Lipinski definition) is 7. The zero-order chi connectivity index (χ0) is 26.9. The van der Waals surface area contributed by atoms with Crippen LogP contribution in [0.3, 0.4) is 0 Å². The third-order valence-electron chi connectivity index (χ3n) is 5.33. The molecule has 1 aliphatic rings. The SMILES string of the molecule is CCOc1cc(COc2ccc(/C=C3/SC(NC(C)=O)=NC3=O)cc2OC)ccc1OCc1ccccc1. The molecule has 0 aromatic heterocycles. The molecule has 4 rings (SSSR count). The lowest BCUT2D eigenvalue weighted by Gasteiger charge is -2.15. The van der Waals surface area contributed by atoms with Crippen LogP contribution < -0.4 is 24.3 Å². The summed E-state index contributed by atoms with van der Waals surface area (Å²) < 4.78 is 23.3. The van der Waals surface area contributed by atoms with Crippen molar-refractivity contribution in [2.75, 3.05) is 13.7 Å². The minimum atomic E-state index is -0.403. The first-order chi connectivity index (χ1) is 18.4. The van der Waals surface area contributed by atoms with E-state index in [-0.39, 0.29) is 17.7 Å². The zero-order valence-corrected chi connectivity index (χ0v) is 22.2. The van der Waals surface area contributed by atoms with Crippen LogP contribution in [0.4, 0.5) is 0 Å².